The standard InChI is InChI=1S/C15H18BrN3O/c1-15(2,3)20-14-12(17)7-8-13(19-14)18-11-6-4-5-10(16)9-11/h4-9H,17H2,1-3H3,(H,18,19). The molecule has 0 saturated carbocycles. The normalized spacial score (nSPS) is 11.2. The monoisotopic (exact) mass is 335 g/mol. The predicted molar refractivity (Wildman–Crippen MR) is 86.5 cm³/mol. The van der Waals surface area contributed by atoms with Crippen molar-refractivity contribution in [2.24, 2.45) is 0 Å². The van der Waals surface area contributed by atoms with Crippen LogP contribution in [0.2, 0.25) is 0 Å². The molecule has 0 aliphatic rings. The Bertz CT molecular complexity index is 608. The number of hydrogen-bond donors (Lipinski definition) is 2. The maximum atomic E-state index is 5.89. The van der Waals surface area contributed by atoms with Crippen molar-refractivity contribution in [3.63, 3.8) is 0 Å². The minimum absolute atomic E-state index is 0.338. The van der Waals surface area contributed by atoms with Crippen LogP contribution >= 0.6 is 15.9 Å². The molecular formula is C15H18BrN3O. The summed E-state index contributed by atoms with van der Waals surface area (Å²) >= 11 is 3.44. The van der Waals surface area contributed by atoms with Crippen LogP contribution in [0.1, 0.15) is 20.8 Å². The first-order valence-electron chi connectivity index (χ1n) is 6.32. The fourth-order valence-corrected chi connectivity index (χ4v) is 2.01. The van der Waals surface area contributed by atoms with Crippen LogP contribution < -0.4 is 15.8 Å². The van der Waals surface area contributed by atoms with E-state index >= 15 is 0 Å². The van der Waals surface area contributed by atoms with Crippen LogP contribution in [0.5, 0.6) is 5.88 Å². The van der Waals surface area contributed by atoms with Gasteiger partial charge in [0.1, 0.15) is 11.4 Å². The molecule has 5 heteroatoms. The molecule has 0 fully saturated rings. The predicted octanol–water partition coefficient (Wildman–Crippen LogP) is 4.35. The molecular weight excluding hydrogens is 318 g/mol. The molecule has 0 spiro atoms. The number of aromatic nitrogens is 1. The number of nitrogen functional groups attached to an aromatic ring is 1. The van der Waals surface area contributed by atoms with Crippen molar-refractivity contribution in [3.8, 4) is 5.88 Å². The number of ether oxygens (including phenoxy) is 1. The fraction of sp³-hybridized carbons (Fsp3) is 0.267. The number of nitrogens with zero attached hydrogens (tertiary/aromatic N) is 1. The Kier molecular flexibility index (Phi) is 4.18. The largest absolute Gasteiger partial charge is 0.470 e. The van der Waals surface area contributed by atoms with Crippen LogP contribution in [0.15, 0.2) is 40.9 Å². The Hall–Kier alpha value is -1.75. The van der Waals surface area contributed by atoms with Crippen molar-refractivity contribution < 1.29 is 4.74 Å². The van der Waals surface area contributed by atoms with Crippen molar-refractivity contribution in [3.05, 3.63) is 40.9 Å². The van der Waals surface area contributed by atoms with E-state index in [0.29, 0.717) is 17.4 Å². The molecule has 1 aromatic heterocycles. The van der Waals surface area contributed by atoms with Crippen LogP contribution in [0, 0.1) is 0 Å². The van der Waals surface area contributed by atoms with Gasteiger partial charge in [0.25, 0.3) is 0 Å². The molecule has 0 unspecified atom stereocenters. The van der Waals surface area contributed by atoms with Crippen molar-refractivity contribution in [2.45, 2.75) is 26.4 Å². The Morgan fingerprint density at radius 1 is 1.20 bits per heavy atom. The van der Waals surface area contributed by atoms with E-state index in [9.17, 15) is 0 Å². The smallest absolute Gasteiger partial charge is 0.239 e. The summed E-state index contributed by atoms with van der Waals surface area (Å²) in [5.74, 6) is 1.13. The van der Waals surface area contributed by atoms with E-state index in [0.717, 1.165) is 10.2 Å². The minimum Gasteiger partial charge on any atom is -0.470 e. The van der Waals surface area contributed by atoms with Gasteiger partial charge in [-0.3, -0.25) is 0 Å². The molecule has 0 radical (unpaired) electrons. The van der Waals surface area contributed by atoms with Crippen molar-refractivity contribution in [1.82, 2.24) is 4.98 Å². The van der Waals surface area contributed by atoms with Crippen LogP contribution in [0.25, 0.3) is 0 Å². The Balaban J connectivity index is 2.23. The van der Waals surface area contributed by atoms with Crippen molar-refractivity contribution in [2.75, 3.05) is 11.1 Å². The molecule has 0 saturated heterocycles. The first-order valence-corrected chi connectivity index (χ1v) is 7.11. The zero-order valence-corrected chi connectivity index (χ0v) is 13.4. The summed E-state index contributed by atoms with van der Waals surface area (Å²) in [5.41, 5.74) is 7.02. The number of nitrogens with one attached hydrogen (secondary N) is 1. The molecule has 1 heterocycles. The molecule has 0 bridgehead atoms. The van der Waals surface area contributed by atoms with Gasteiger partial charge in [-0.25, -0.2) is 0 Å². The van der Waals surface area contributed by atoms with E-state index < -0.39 is 0 Å². The van der Waals surface area contributed by atoms with E-state index in [1.165, 1.54) is 0 Å². The van der Waals surface area contributed by atoms with Gasteiger partial charge in [0.2, 0.25) is 5.88 Å². The van der Waals surface area contributed by atoms with Gasteiger partial charge in [-0.2, -0.15) is 4.98 Å². The molecule has 0 aliphatic carbocycles. The number of benzene rings is 1. The summed E-state index contributed by atoms with van der Waals surface area (Å²) in [6.45, 7) is 5.88. The van der Waals surface area contributed by atoms with Gasteiger partial charge in [-0.05, 0) is 51.1 Å². The average Bonchev–Trinajstić information content (AvgIpc) is 2.32. The molecule has 0 aliphatic heterocycles. The minimum atomic E-state index is -0.338. The zero-order valence-electron chi connectivity index (χ0n) is 11.8. The second kappa shape index (κ2) is 5.71. The van der Waals surface area contributed by atoms with Crippen LogP contribution in [0.4, 0.5) is 17.2 Å². The summed E-state index contributed by atoms with van der Waals surface area (Å²) < 4.78 is 6.75. The van der Waals surface area contributed by atoms with Gasteiger partial charge in [0, 0.05) is 10.2 Å². The molecule has 20 heavy (non-hydrogen) atoms. The van der Waals surface area contributed by atoms with Crippen LogP contribution in [0.3, 0.4) is 0 Å². The van der Waals surface area contributed by atoms with Gasteiger partial charge >= 0.3 is 0 Å². The Labute approximate surface area is 127 Å². The third-order valence-corrected chi connectivity index (χ3v) is 2.88. The highest BCUT2D eigenvalue weighted by atomic mass is 79.9. The lowest BCUT2D eigenvalue weighted by Gasteiger charge is -2.21. The molecule has 0 atom stereocenters. The SMILES string of the molecule is CC(C)(C)Oc1nc(Nc2cccc(Br)c2)ccc1N. The first-order chi connectivity index (χ1) is 9.33. The van der Waals surface area contributed by atoms with E-state index in [1.54, 1.807) is 6.07 Å². The summed E-state index contributed by atoms with van der Waals surface area (Å²) in [7, 11) is 0. The highest BCUT2D eigenvalue weighted by Gasteiger charge is 2.15. The molecule has 106 valence electrons. The first kappa shape index (κ1) is 14.7. The summed E-state index contributed by atoms with van der Waals surface area (Å²) in [5, 5.41) is 3.22. The van der Waals surface area contributed by atoms with E-state index in [-0.39, 0.29) is 5.60 Å². The third-order valence-electron chi connectivity index (χ3n) is 2.39. The maximum absolute atomic E-state index is 5.89. The third kappa shape index (κ3) is 4.13. The number of anilines is 3. The Morgan fingerprint density at radius 3 is 2.60 bits per heavy atom. The van der Waals surface area contributed by atoms with E-state index in [2.05, 4.69) is 26.2 Å². The second-order valence-electron chi connectivity index (χ2n) is 5.44. The zero-order chi connectivity index (χ0) is 14.8. The second-order valence-corrected chi connectivity index (χ2v) is 6.36. The van der Waals surface area contributed by atoms with Crippen molar-refractivity contribution >= 4 is 33.1 Å². The number of halogens is 1. The van der Waals surface area contributed by atoms with Crippen molar-refractivity contribution in [1.29, 1.82) is 0 Å². The lowest BCUT2D eigenvalue weighted by atomic mass is 10.2. The lowest BCUT2D eigenvalue weighted by molar-refractivity contribution is 0.125. The van der Waals surface area contributed by atoms with E-state index in [4.69, 9.17) is 10.5 Å². The number of pyridine rings is 1. The fourth-order valence-electron chi connectivity index (χ4n) is 1.61. The van der Waals surface area contributed by atoms with Gasteiger partial charge in [0.15, 0.2) is 0 Å². The molecule has 3 N–H and O–H groups in total. The summed E-state index contributed by atoms with van der Waals surface area (Å²) in [6, 6.07) is 11.5. The van der Waals surface area contributed by atoms with E-state index in [1.807, 2.05) is 51.1 Å². The maximum Gasteiger partial charge on any atom is 0.239 e. The topological polar surface area (TPSA) is 60.2 Å². The van der Waals surface area contributed by atoms with Gasteiger partial charge in [-0.1, -0.05) is 22.0 Å². The highest BCUT2D eigenvalue weighted by molar-refractivity contribution is 9.10. The summed E-state index contributed by atoms with van der Waals surface area (Å²) in [6.07, 6.45) is 0. The van der Waals surface area contributed by atoms with Gasteiger partial charge in [0.05, 0.1) is 5.69 Å². The van der Waals surface area contributed by atoms with Gasteiger partial charge < -0.3 is 15.8 Å². The average molecular weight is 336 g/mol. The highest BCUT2D eigenvalue weighted by Crippen LogP contribution is 2.27. The quantitative estimate of drug-likeness (QED) is 0.875. The molecule has 4 nitrogen and oxygen atoms in total. The molecule has 1 aromatic carbocycles. The number of nitrogens with two attached hydrogens (primary N) is 1. The number of rotatable bonds is 3. The number of hydrogen-bond acceptors (Lipinski definition) is 4. The van der Waals surface area contributed by atoms with Crippen LogP contribution in [-0.2, 0) is 0 Å². The molecule has 0 amide bonds. The van der Waals surface area contributed by atoms with Crippen LogP contribution in [-0.4, -0.2) is 10.6 Å². The van der Waals surface area contributed by atoms with Gasteiger partial charge in [-0.15, -0.1) is 0 Å². The lowest BCUT2D eigenvalue weighted by Crippen LogP contribution is -2.24. The summed E-state index contributed by atoms with van der Waals surface area (Å²) in [4.78, 5) is 4.41. The molecule has 2 rings (SSSR count). The molecule has 2 aromatic rings. The Morgan fingerprint density at radius 2 is 1.95 bits per heavy atom.